The Kier molecular flexibility index (Phi) is 4.59. The van der Waals surface area contributed by atoms with Crippen LogP contribution in [0, 0.1) is 11.3 Å². The Morgan fingerprint density at radius 3 is 2.79 bits per heavy atom. The van der Waals surface area contributed by atoms with Crippen LogP contribution in [0.3, 0.4) is 0 Å². The van der Waals surface area contributed by atoms with Crippen molar-refractivity contribution in [3.8, 4) is 6.07 Å². The monoisotopic (exact) mass is 272 g/mol. The molecule has 0 saturated heterocycles. The maximum absolute atomic E-state index is 8.57. The van der Waals surface area contributed by atoms with Gasteiger partial charge in [-0.3, -0.25) is 0 Å². The van der Waals surface area contributed by atoms with Gasteiger partial charge >= 0.3 is 0 Å². The fraction of sp³-hybridized carbons (Fsp3) is 0.500. The van der Waals surface area contributed by atoms with E-state index in [4.69, 9.17) is 5.26 Å². The molecule has 0 saturated carbocycles. The second-order valence-electron chi connectivity index (χ2n) is 3.34. The molecule has 0 aliphatic rings. The van der Waals surface area contributed by atoms with Crippen LogP contribution in [0.1, 0.15) is 23.8 Å². The Morgan fingerprint density at radius 2 is 2.36 bits per heavy atom. The third-order valence-electron chi connectivity index (χ3n) is 2.07. The summed E-state index contributed by atoms with van der Waals surface area (Å²) in [5, 5.41) is 10.7. The number of nitrogens with zero attached hydrogens (tertiary/aromatic N) is 2. The van der Waals surface area contributed by atoms with Crippen LogP contribution in [0.4, 0.5) is 0 Å². The van der Waals surface area contributed by atoms with Crippen molar-refractivity contribution in [2.75, 3.05) is 14.1 Å². The van der Waals surface area contributed by atoms with Crippen LogP contribution in [0.5, 0.6) is 0 Å². The summed E-state index contributed by atoms with van der Waals surface area (Å²) in [4.78, 5) is 3.48. The van der Waals surface area contributed by atoms with Crippen LogP contribution < -0.4 is 0 Å². The first-order chi connectivity index (χ1) is 6.65. The molecule has 0 aliphatic carbocycles. The molecule has 0 spiro atoms. The highest BCUT2D eigenvalue weighted by atomic mass is 79.9. The Bertz CT molecular complexity index is 327. The molecule has 14 heavy (non-hydrogen) atoms. The predicted octanol–water partition coefficient (Wildman–Crippen LogP) is 3.42. The first-order valence-corrected chi connectivity index (χ1v) is 6.09. The Balaban J connectivity index is 2.73. The Hall–Kier alpha value is -0.370. The van der Waals surface area contributed by atoms with E-state index < -0.39 is 0 Å². The minimum atomic E-state index is 0.367. The molecular formula is C10H13BrN2S. The molecule has 1 aromatic heterocycles. The Morgan fingerprint density at radius 1 is 1.64 bits per heavy atom. The standard InChI is InChI=1S/C10H13BrN2S/c1-13(2)9(4-3-5-12)10-6-8(11)7-14-10/h6-7,9H,3-4H2,1-2H3. The van der Waals surface area contributed by atoms with Crippen molar-refractivity contribution in [1.82, 2.24) is 4.90 Å². The molecule has 1 rings (SSSR count). The molecule has 0 radical (unpaired) electrons. The third kappa shape index (κ3) is 3.09. The van der Waals surface area contributed by atoms with Gasteiger partial charge in [0.25, 0.3) is 0 Å². The van der Waals surface area contributed by atoms with Gasteiger partial charge in [0.15, 0.2) is 0 Å². The highest BCUT2D eigenvalue weighted by molar-refractivity contribution is 9.10. The van der Waals surface area contributed by atoms with Gasteiger partial charge in [-0.15, -0.1) is 11.3 Å². The highest BCUT2D eigenvalue weighted by Crippen LogP contribution is 2.30. The largest absolute Gasteiger partial charge is 0.302 e. The summed E-state index contributed by atoms with van der Waals surface area (Å²) in [5.74, 6) is 0. The van der Waals surface area contributed by atoms with Crippen LogP contribution in [-0.4, -0.2) is 19.0 Å². The van der Waals surface area contributed by atoms with Gasteiger partial charge in [-0.2, -0.15) is 5.26 Å². The lowest BCUT2D eigenvalue weighted by Crippen LogP contribution is -2.18. The normalized spacial score (nSPS) is 12.8. The fourth-order valence-corrected chi connectivity index (χ4v) is 3.04. The lowest BCUT2D eigenvalue weighted by molar-refractivity contribution is 0.290. The van der Waals surface area contributed by atoms with E-state index in [9.17, 15) is 0 Å². The zero-order valence-corrected chi connectivity index (χ0v) is 10.7. The van der Waals surface area contributed by atoms with Crippen LogP contribution in [-0.2, 0) is 0 Å². The SMILES string of the molecule is CN(C)C(CCC#N)c1cc(Br)cs1. The zero-order chi connectivity index (χ0) is 10.6. The number of hydrogen-bond acceptors (Lipinski definition) is 3. The van der Waals surface area contributed by atoms with E-state index in [2.05, 4.69) is 52.4 Å². The van der Waals surface area contributed by atoms with Crippen molar-refractivity contribution in [1.29, 1.82) is 5.26 Å². The molecule has 4 heteroatoms. The van der Waals surface area contributed by atoms with E-state index in [1.54, 1.807) is 11.3 Å². The minimum Gasteiger partial charge on any atom is -0.302 e. The van der Waals surface area contributed by atoms with Gasteiger partial charge in [-0.05, 0) is 42.5 Å². The van der Waals surface area contributed by atoms with E-state index >= 15 is 0 Å². The highest BCUT2D eigenvalue weighted by Gasteiger charge is 2.15. The molecule has 2 nitrogen and oxygen atoms in total. The van der Waals surface area contributed by atoms with Gasteiger partial charge in [0, 0.05) is 27.2 Å². The van der Waals surface area contributed by atoms with Crippen LogP contribution >= 0.6 is 27.3 Å². The van der Waals surface area contributed by atoms with Crippen LogP contribution in [0.15, 0.2) is 15.9 Å². The summed E-state index contributed by atoms with van der Waals surface area (Å²) in [6, 6.07) is 4.69. The van der Waals surface area contributed by atoms with Gasteiger partial charge in [0.05, 0.1) is 6.07 Å². The minimum absolute atomic E-state index is 0.367. The van der Waals surface area contributed by atoms with Gasteiger partial charge in [-0.25, -0.2) is 0 Å². The van der Waals surface area contributed by atoms with Gasteiger partial charge in [0.1, 0.15) is 0 Å². The third-order valence-corrected chi connectivity index (χ3v) is 3.86. The quantitative estimate of drug-likeness (QED) is 0.840. The van der Waals surface area contributed by atoms with Crippen LogP contribution in [0.2, 0.25) is 0 Å². The molecule has 0 aliphatic heterocycles. The lowest BCUT2D eigenvalue weighted by atomic mass is 10.1. The molecule has 76 valence electrons. The summed E-state index contributed by atoms with van der Waals surface area (Å²) in [7, 11) is 4.10. The first-order valence-electron chi connectivity index (χ1n) is 4.42. The predicted molar refractivity (Wildman–Crippen MR) is 63.3 cm³/mol. The van der Waals surface area contributed by atoms with E-state index in [1.165, 1.54) is 4.88 Å². The summed E-state index contributed by atoms with van der Waals surface area (Å²) < 4.78 is 1.13. The molecule has 1 heterocycles. The molecule has 0 fully saturated rings. The smallest absolute Gasteiger partial charge is 0.0622 e. The van der Waals surface area contributed by atoms with E-state index in [1.807, 2.05) is 0 Å². The number of nitriles is 1. The zero-order valence-electron chi connectivity index (χ0n) is 8.33. The molecule has 0 bridgehead atoms. The lowest BCUT2D eigenvalue weighted by Gasteiger charge is -2.21. The summed E-state index contributed by atoms with van der Waals surface area (Å²) >= 11 is 5.18. The molecule has 0 aromatic carbocycles. The number of hydrogen-bond donors (Lipinski definition) is 0. The van der Waals surface area contributed by atoms with E-state index in [-0.39, 0.29) is 0 Å². The van der Waals surface area contributed by atoms with Crippen molar-refractivity contribution in [3.63, 3.8) is 0 Å². The Labute approximate surface area is 97.3 Å². The van der Waals surface area contributed by atoms with Gasteiger partial charge in [0.2, 0.25) is 0 Å². The van der Waals surface area contributed by atoms with Gasteiger partial charge < -0.3 is 4.90 Å². The van der Waals surface area contributed by atoms with Crippen molar-refractivity contribution < 1.29 is 0 Å². The number of rotatable bonds is 4. The average Bonchev–Trinajstić information content (AvgIpc) is 2.52. The van der Waals surface area contributed by atoms with Crippen molar-refractivity contribution in [2.24, 2.45) is 0 Å². The van der Waals surface area contributed by atoms with E-state index in [0.29, 0.717) is 12.5 Å². The summed E-state index contributed by atoms with van der Waals surface area (Å²) in [5.41, 5.74) is 0. The molecular weight excluding hydrogens is 260 g/mol. The second kappa shape index (κ2) is 5.50. The maximum atomic E-state index is 8.57. The molecule has 0 amide bonds. The second-order valence-corrected chi connectivity index (χ2v) is 5.20. The average molecular weight is 273 g/mol. The maximum Gasteiger partial charge on any atom is 0.0622 e. The molecule has 1 atom stereocenters. The van der Waals surface area contributed by atoms with Crippen LogP contribution in [0.25, 0.3) is 0 Å². The van der Waals surface area contributed by atoms with Crippen molar-refractivity contribution in [2.45, 2.75) is 18.9 Å². The summed E-state index contributed by atoms with van der Waals surface area (Å²) in [6.45, 7) is 0. The van der Waals surface area contributed by atoms with E-state index in [0.717, 1.165) is 10.9 Å². The molecule has 1 aromatic rings. The topological polar surface area (TPSA) is 27.0 Å². The number of thiophene rings is 1. The summed E-state index contributed by atoms with van der Waals surface area (Å²) in [6.07, 6.45) is 1.51. The molecule has 0 N–H and O–H groups in total. The number of halogens is 1. The van der Waals surface area contributed by atoms with Crippen molar-refractivity contribution >= 4 is 27.3 Å². The van der Waals surface area contributed by atoms with Crippen molar-refractivity contribution in [3.05, 3.63) is 20.8 Å². The fourth-order valence-electron chi connectivity index (χ4n) is 1.36. The van der Waals surface area contributed by atoms with Gasteiger partial charge in [-0.1, -0.05) is 0 Å². The first kappa shape index (κ1) is 11.7. The molecule has 1 unspecified atom stereocenters.